The van der Waals surface area contributed by atoms with Crippen molar-refractivity contribution in [2.45, 2.75) is 0 Å². The van der Waals surface area contributed by atoms with E-state index in [0.29, 0.717) is 0 Å². The molecule has 7 aromatic carbocycles. The van der Waals surface area contributed by atoms with Crippen LogP contribution in [-0.2, 0) is 0 Å². The third-order valence-corrected chi connectivity index (χ3v) is 8.21. The van der Waals surface area contributed by atoms with Gasteiger partial charge in [0.25, 0.3) is 0 Å². The van der Waals surface area contributed by atoms with Gasteiger partial charge < -0.3 is 0 Å². The quantitative estimate of drug-likeness (QED) is 0.141. The summed E-state index contributed by atoms with van der Waals surface area (Å²) in [7, 11) is 0. The van der Waals surface area contributed by atoms with Gasteiger partial charge in [-0.3, -0.25) is 0 Å². The van der Waals surface area contributed by atoms with Crippen LogP contribution in [0.15, 0.2) is 93.9 Å². The number of halogens is 2. The van der Waals surface area contributed by atoms with Crippen molar-refractivity contribution in [3.63, 3.8) is 0 Å². The predicted molar refractivity (Wildman–Crippen MR) is 138 cm³/mol. The average Bonchev–Trinajstić information content (AvgIpc) is 2.80. The van der Waals surface area contributed by atoms with E-state index in [0.717, 1.165) is 0 Å². The van der Waals surface area contributed by atoms with Crippen LogP contribution in [0.4, 0.5) is 0 Å². The van der Waals surface area contributed by atoms with Crippen LogP contribution >= 0.6 is 31.9 Å². The molecule has 0 nitrogen and oxygen atoms in total. The Morgan fingerprint density at radius 1 is 0.300 bits per heavy atom. The summed E-state index contributed by atoms with van der Waals surface area (Å²) in [5, 5.41) is 15.7. The zero-order valence-corrected chi connectivity index (χ0v) is 19.0. The van der Waals surface area contributed by atoms with E-state index in [1.165, 1.54) is 73.6 Å². The van der Waals surface area contributed by atoms with Crippen molar-refractivity contribution in [1.82, 2.24) is 0 Å². The molecule has 0 aliphatic carbocycles. The van der Waals surface area contributed by atoms with E-state index in [2.05, 4.69) is 117 Å². The molecule has 0 radical (unpaired) electrons. The molecule has 0 aromatic heterocycles. The molecule has 0 aliphatic heterocycles. The molecule has 0 heterocycles. The highest BCUT2D eigenvalue weighted by atomic mass is 79.9. The van der Waals surface area contributed by atoms with Crippen molar-refractivity contribution in [1.29, 1.82) is 0 Å². The molecule has 0 amide bonds. The number of hydrogen-bond acceptors (Lipinski definition) is 0. The van der Waals surface area contributed by atoms with E-state index in [9.17, 15) is 0 Å². The second-order valence-electron chi connectivity index (χ2n) is 7.93. The van der Waals surface area contributed by atoms with Gasteiger partial charge in [0.2, 0.25) is 0 Å². The molecule has 0 aliphatic rings. The van der Waals surface area contributed by atoms with Crippen LogP contribution in [0.3, 0.4) is 0 Å². The van der Waals surface area contributed by atoms with Crippen LogP contribution in [0.1, 0.15) is 0 Å². The normalized spacial score (nSPS) is 12.3. The van der Waals surface area contributed by atoms with Crippen molar-refractivity contribution in [3.8, 4) is 0 Å². The van der Waals surface area contributed by atoms with Crippen LogP contribution < -0.4 is 0 Å². The lowest BCUT2D eigenvalue weighted by Gasteiger charge is -2.20. The zero-order valence-electron chi connectivity index (χ0n) is 15.8. The van der Waals surface area contributed by atoms with Gasteiger partial charge in [-0.2, -0.15) is 0 Å². The minimum Gasteiger partial charge on any atom is -0.0616 e. The lowest BCUT2D eigenvalue weighted by molar-refractivity contribution is 1.76. The van der Waals surface area contributed by atoms with Crippen LogP contribution in [-0.4, -0.2) is 0 Å². The molecule has 140 valence electrons. The van der Waals surface area contributed by atoms with Gasteiger partial charge in [-0.05, 0) is 96.5 Å². The average molecular weight is 510 g/mol. The number of benzene rings is 7. The first-order chi connectivity index (χ1) is 14.8. The fraction of sp³-hybridized carbons (Fsp3) is 0. The lowest BCUT2D eigenvalue weighted by atomic mass is 9.85. The first kappa shape index (κ1) is 17.0. The molecule has 0 saturated heterocycles. The first-order valence-electron chi connectivity index (χ1n) is 10.0. The van der Waals surface area contributed by atoms with E-state index in [-0.39, 0.29) is 0 Å². The highest BCUT2D eigenvalue weighted by Crippen LogP contribution is 2.49. The summed E-state index contributed by atoms with van der Waals surface area (Å²) in [6, 6.07) is 30.9. The maximum Gasteiger partial charge on any atom is 0.0332 e. The maximum atomic E-state index is 3.93. The summed E-state index contributed by atoms with van der Waals surface area (Å²) in [6.45, 7) is 0. The second-order valence-corrected chi connectivity index (χ2v) is 9.51. The SMILES string of the molecule is Brc1c2ccccc2c2c3cccc4c(Br)c5ccccc5c(c5cccc1c52)c43. The van der Waals surface area contributed by atoms with Gasteiger partial charge in [0.05, 0.1) is 0 Å². The summed E-state index contributed by atoms with van der Waals surface area (Å²) in [5.41, 5.74) is 0. The molecule has 0 fully saturated rings. The van der Waals surface area contributed by atoms with Crippen LogP contribution in [0.2, 0.25) is 0 Å². The number of rotatable bonds is 0. The number of fused-ring (bicyclic) bond motifs is 6. The van der Waals surface area contributed by atoms with Crippen molar-refractivity contribution in [2.24, 2.45) is 0 Å². The maximum absolute atomic E-state index is 3.93. The molecule has 0 spiro atoms. The number of hydrogen-bond donors (Lipinski definition) is 0. The van der Waals surface area contributed by atoms with Gasteiger partial charge in [0, 0.05) is 8.95 Å². The highest BCUT2D eigenvalue weighted by Gasteiger charge is 2.20. The molecule has 7 rings (SSSR count). The molecule has 2 heteroatoms. The largest absolute Gasteiger partial charge is 0.0616 e. The smallest absolute Gasteiger partial charge is 0.0332 e. The van der Waals surface area contributed by atoms with E-state index in [4.69, 9.17) is 0 Å². The van der Waals surface area contributed by atoms with Gasteiger partial charge >= 0.3 is 0 Å². The summed E-state index contributed by atoms with van der Waals surface area (Å²) in [5.74, 6) is 0. The van der Waals surface area contributed by atoms with Crippen molar-refractivity contribution in [3.05, 3.63) is 93.9 Å². The minimum absolute atomic E-state index is 1.18. The van der Waals surface area contributed by atoms with Gasteiger partial charge in [-0.15, -0.1) is 0 Å². The molecule has 0 atom stereocenters. The Hall–Kier alpha value is -2.68. The summed E-state index contributed by atoms with van der Waals surface area (Å²) >= 11 is 7.87. The Kier molecular flexibility index (Phi) is 3.37. The lowest BCUT2D eigenvalue weighted by Crippen LogP contribution is -1.91. The molecule has 30 heavy (non-hydrogen) atoms. The van der Waals surface area contributed by atoms with E-state index >= 15 is 0 Å². The van der Waals surface area contributed by atoms with E-state index < -0.39 is 0 Å². The van der Waals surface area contributed by atoms with Gasteiger partial charge in [0.15, 0.2) is 0 Å². The molecular weight excluding hydrogens is 496 g/mol. The van der Waals surface area contributed by atoms with Gasteiger partial charge in [-0.25, -0.2) is 0 Å². The molecular formula is C28H14Br2. The van der Waals surface area contributed by atoms with Crippen molar-refractivity contribution >= 4 is 96.5 Å². The van der Waals surface area contributed by atoms with Crippen LogP contribution in [0.5, 0.6) is 0 Å². The Bertz CT molecular complexity index is 1680. The molecule has 0 saturated carbocycles. The fourth-order valence-electron chi connectivity index (χ4n) is 5.33. The Labute approximate surface area is 189 Å². The van der Waals surface area contributed by atoms with Gasteiger partial charge in [0.1, 0.15) is 0 Å². The highest BCUT2D eigenvalue weighted by molar-refractivity contribution is 9.11. The molecule has 0 bridgehead atoms. The summed E-state index contributed by atoms with van der Waals surface area (Å²) in [6.07, 6.45) is 0. The molecule has 0 N–H and O–H groups in total. The third-order valence-electron chi connectivity index (χ3n) is 6.51. The second kappa shape index (κ2) is 5.94. The Morgan fingerprint density at radius 2 is 0.600 bits per heavy atom. The van der Waals surface area contributed by atoms with Crippen LogP contribution in [0.25, 0.3) is 64.6 Å². The fourth-order valence-corrected chi connectivity index (χ4v) is 6.68. The van der Waals surface area contributed by atoms with E-state index in [1.54, 1.807) is 0 Å². The molecule has 7 aromatic rings. The molecule has 0 unspecified atom stereocenters. The van der Waals surface area contributed by atoms with Crippen molar-refractivity contribution < 1.29 is 0 Å². The topological polar surface area (TPSA) is 0 Å². The van der Waals surface area contributed by atoms with Gasteiger partial charge in [-0.1, -0.05) is 84.9 Å². The zero-order chi connectivity index (χ0) is 20.0. The monoisotopic (exact) mass is 508 g/mol. The van der Waals surface area contributed by atoms with E-state index in [1.807, 2.05) is 0 Å². The summed E-state index contributed by atoms with van der Waals surface area (Å²) < 4.78 is 2.35. The van der Waals surface area contributed by atoms with Crippen molar-refractivity contribution in [2.75, 3.05) is 0 Å². The first-order valence-corrected chi connectivity index (χ1v) is 11.6. The third kappa shape index (κ3) is 1.96. The summed E-state index contributed by atoms with van der Waals surface area (Å²) in [4.78, 5) is 0. The Morgan fingerprint density at radius 3 is 1.03 bits per heavy atom. The van der Waals surface area contributed by atoms with Crippen LogP contribution in [0, 0.1) is 0 Å². The standard InChI is InChI=1S/C28H14Br2/c29-27-17-9-3-1-7-15(17)23-19-11-5-14-22-26(19)24(20-12-6-13-21(27)25(20)23)16-8-2-4-10-18(16)28(22)30/h1-14H. The Balaban J connectivity index is 2.00. The minimum atomic E-state index is 1.18. The predicted octanol–water partition coefficient (Wildman–Crippen LogP) is 9.57.